The standard InChI is InChI=1S/C10H10ClFO3/c1-5(10(13)14)8-7(15-2)4-3-6(11)9(8)12/h3-5H,1-2H3,(H,13,14). The third-order valence-corrected chi connectivity index (χ3v) is 2.41. The number of aliphatic carboxylic acids is 1. The van der Waals surface area contributed by atoms with Crippen molar-refractivity contribution in [2.24, 2.45) is 0 Å². The van der Waals surface area contributed by atoms with Crippen molar-refractivity contribution in [3.63, 3.8) is 0 Å². The Labute approximate surface area is 91.4 Å². The highest BCUT2D eigenvalue weighted by atomic mass is 35.5. The maximum Gasteiger partial charge on any atom is 0.310 e. The molecule has 15 heavy (non-hydrogen) atoms. The number of carbonyl (C=O) groups is 1. The molecule has 0 spiro atoms. The molecule has 0 aliphatic carbocycles. The summed E-state index contributed by atoms with van der Waals surface area (Å²) in [7, 11) is 1.35. The van der Waals surface area contributed by atoms with Gasteiger partial charge in [-0.25, -0.2) is 4.39 Å². The van der Waals surface area contributed by atoms with Gasteiger partial charge in [0.15, 0.2) is 0 Å². The molecule has 5 heteroatoms. The van der Waals surface area contributed by atoms with Gasteiger partial charge in [0.05, 0.1) is 18.1 Å². The summed E-state index contributed by atoms with van der Waals surface area (Å²) in [4.78, 5) is 10.8. The van der Waals surface area contributed by atoms with Crippen LogP contribution in [0, 0.1) is 5.82 Å². The van der Waals surface area contributed by atoms with Crippen molar-refractivity contribution in [1.82, 2.24) is 0 Å². The van der Waals surface area contributed by atoms with Crippen LogP contribution in [-0.4, -0.2) is 18.2 Å². The molecule has 3 nitrogen and oxygen atoms in total. The molecule has 0 bridgehead atoms. The molecule has 0 saturated carbocycles. The van der Waals surface area contributed by atoms with E-state index < -0.39 is 17.7 Å². The maximum atomic E-state index is 13.6. The molecule has 0 aliphatic heterocycles. The van der Waals surface area contributed by atoms with Gasteiger partial charge < -0.3 is 9.84 Å². The Morgan fingerprint density at radius 1 is 1.60 bits per heavy atom. The van der Waals surface area contributed by atoms with Crippen LogP contribution in [0.2, 0.25) is 5.02 Å². The Bertz CT molecular complexity index is 392. The Balaban J connectivity index is 3.35. The molecular formula is C10H10ClFO3. The van der Waals surface area contributed by atoms with Crippen LogP contribution in [0.1, 0.15) is 18.4 Å². The van der Waals surface area contributed by atoms with Crippen LogP contribution in [0.15, 0.2) is 12.1 Å². The van der Waals surface area contributed by atoms with Crippen molar-refractivity contribution in [2.45, 2.75) is 12.8 Å². The first-order valence-corrected chi connectivity index (χ1v) is 4.61. The number of ether oxygens (including phenoxy) is 1. The fraction of sp³-hybridized carbons (Fsp3) is 0.300. The van der Waals surface area contributed by atoms with Crippen molar-refractivity contribution < 1.29 is 19.0 Å². The normalized spacial score (nSPS) is 12.3. The monoisotopic (exact) mass is 232 g/mol. The number of halogens is 2. The molecule has 0 heterocycles. The fourth-order valence-electron chi connectivity index (χ4n) is 1.25. The minimum absolute atomic E-state index is 0.0301. The lowest BCUT2D eigenvalue weighted by Gasteiger charge is -2.13. The molecule has 0 radical (unpaired) electrons. The molecule has 1 rings (SSSR count). The topological polar surface area (TPSA) is 46.5 Å². The number of carboxylic acid groups (broad SMARTS) is 1. The van der Waals surface area contributed by atoms with Crippen LogP contribution >= 0.6 is 11.6 Å². The second-order valence-electron chi connectivity index (χ2n) is 3.04. The van der Waals surface area contributed by atoms with Gasteiger partial charge >= 0.3 is 5.97 Å². The second kappa shape index (κ2) is 4.49. The average molecular weight is 233 g/mol. The second-order valence-corrected chi connectivity index (χ2v) is 3.44. The van der Waals surface area contributed by atoms with Crippen LogP contribution in [0.25, 0.3) is 0 Å². The molecule has 0 saturated heterocycles. The largest absolute Gasteiger partial charge is 0.496 e. The van der Waals surface area contributed by atoms with Gasteiger partial charge in [0.1, 0.15) is 11.6 Å². The van der Waals surface area contributed by atoms with Gasteiger partial charge in [0, 0.05) is 5.56 Å². The van der Waals surface area contributed by atoms with E-state index in [1.165, 1.54) is 26.2 Å². The molecule has 0 aromatic heterocycles. The van der Waals surface area contributed by atoms with Crippen LogP contribution in [-0.2, 0) is 4.79 Å². The number of rotatable bonds is 3. The van der Waals surface area contributed by atoms with E-state index in [1.54, 1.807) is 0 Å². The minimum Gasteiger partial charge on any atom is -0.496 e. The summed E-state index contributed by atoms with van der Waals surface area (Å²) in [6.07, 6.45) is 0. The summed E-state index contributed by atoms with van der Waals surface area (Å²) in [6, 6.07) is 2.77. The number of benzene rings is 1. The summed E-state index contributed by atoms with van der Waals surface area (Å²) < 4.78 is 18.5. The molecular weight excluding hydrogens is 223 g/mol. The molecule has 1 atom stereocenters. The highest BCUT2D eigenvalue weighted by Gasteiger charge is 2.24. The van der Waals surface area contributed by atoms with E-state index in [0.717, 1.165) is 0 Å². The van der Waals surface area contributed by atoms with E-state index >= 15 is 0 Å². The molecule has 0 amide bonds. The van der Waals surface area contributed by atoms with Crippen molar-refractivity contribution in [1.29, 1.82) is 0 Å². The SMILES string of the molecule is COc1ccc(Cl)c(F)c1C(C)C(=O)O. The lowest BCUT2D eigenvalue weighted by Crippen LogP contribution is -2.11. The van der Waals surface area contributed by atoms with Gasteiger partial charge in [-0.2, -0.15) is 0 Å². The van der Waals surface area contributed by atoms with Gasteiger partial charge in [-0.1, -0.05) is 11.6 Å². The summed E-state index contributed by atoms with van der Waals surface area (Å²) in [5, 5.41) is 8.69. The molecule has 82 valence electrons. The lowest BCUT2D eigenvalue weighted by atomic mass is 9.99. The number of methoxy groups -OCH3 is 1. The van der Waals surface area contributed by atoms with Crippen LogP contribution in [0.3, 0.4) is 0 Å². The predicted octanol–water partition coefficient (Wildman–Crippen LogP) is 2.68. The number of carboxylic acids is 1. The zero-order valence-electron chi connectivity index (χ0n) is 8.25. The summed E-state index contributed by atoms with van der Waals surface area (Å²) in [6.45, 7) is 1.37. The Morgan fingerprint density at radius 3 is 2.67 bits per heavy atom. The summed E-state index contributed by atoms with van der Waals surface area (Å²) in [5.41, 5.74) is -0.0301. The van der Waals surface area contributed by atoms with Crippen LogP contribution < -0.4 is 4.74 Å². The van der Waals surface area contributed by atoms with E-state index in [0.29, 0.717) is 0 Å². The first kappa shape index (κ1) is 11.8. The lowest BCUT2D eigenvalue weighted by molar-refractivity contribution is -0.138. The highest BCUT2D eigenvalue weighted by Crippen LogP contribution is 2.33. The van der Waals surface area contributed by atoms with Crippen molar-refractivity contribution in [3.8, 4) is 5.75 Å². The Morgan fingerprint density at radius 2 is 2.20 bits per heavy atom. The quantitative estimate of drug-likeness (QED) is 0.872. The van der Waals surface area contributed by atoms with Gasteiger partial charge in [0.25, 0.3) is 0 Å². The third kappa shape index (κ3) is 2.21. The average Bonchev–Trinajstić information content (AvgIpc) is 2.20. The molecule has 0 aliphatic rings. The van der Waals surface area contributed by atoms with Crippen LogP contribution in [0.5, 0.6) is 5.75 Å². The Hall–Kier alpha value is -1.29. The van der Waals surface area contributed by atoms with Gasteiger partial charge in [0.2, 0.25) is 0 Å². The van der Waals surface area contributed by atoms with Crippen molar-refractivity contribution in [3.05, 3.63) is 28.5 Å². The van der Waals surface area contributed by atoms with Gasteiger partial charge in [-0.15, -0.1) is 0 Å². The molecule has 1 aromatic rings. The molecule has 1 aromatic carbocycles. The fourth-order valence-corrected chi connectivity index (χ4v) is 1.42. The highest BCUT2D eigenvalue weighted by molar-refractivity contribution is 6.30. The minimum atomic E-state index is -1.13. The summed E-state index contributed by atoms with van der Waals surface area (Å²) in [5.74, 6) is -2.69. The van der Waals surface area contributed by atoms with E-state index in [-0.39, 0.29) is 16.3 Å². The first-order valence-electron chi connectivity index (χ1n) is 4.23. The van der Waals surface area contributed by atoms with Crippen LogP contribution in [0.4, 0.5) is 4.39 Å². The molecule has 1 unspecified atom stereocenters. The molecule has 0 fully saturated rings. The van der Waals surface area contributed by atoms with Gasteiger partial charge in [-0.05, 0) is 19.1 Å². The maximum absolute atomic E-state index is 13.6. The first-order chi connectivity index (χ1) is 6.99. The van der Waals surface area contributed by atoms with Crippen molar-refractivity contribution in [2.75, 3.05) is 7.11 Å². The summed E-state index contributed by atoms with van der Waals surface area (Å²) >= 11 is 5.57. The van der Waals surface area contributed by atoms with Crippen molar-refractivity contribution >= 4 is 17.6 Å². The van der Waals surface area contributed by atoms with E-state index in [9.17, 15) is 9.18 Å². The number of hydrogen-bond acceptors (Lipinski definition) is 2. The van der Waals surface area contributed by atoms with Gasteiger partial charge in [-0.3, -0.25) is 4.79 Å². The third-order valence-electron chi connectivity index (χ3n) is 2.12. The smallest absolute Gasteiger partial charge is 0.310 e. The predicted molar refractivity (Wildman–Crippen MR) is 54.0 cm³/mol. The Kier molecular flexibility index (Phi) is 3.52. The van der Waals surface area contributed by atoms with E-state index in [2.05, 4.69) is 0 Å². The number of hydrogen-bond donors (Lipinski definition) is 1. The van der Waals surface area contributed by atoms with E-state index in [4.69, 9.17) is 21.4 Å². The molecule has 1 N–H and O–H groups in total. The van der Waals surface area contributed by atoms with E-state index in [1.807, 2.05) is 0 Å². The zero-order chi connectivity index (χ0) is 11.6. The zero-order valence-corrected chi connectivity index (χ0v) is 9.01.